The van der Waals surface area contributed by atoms with Gasteiger partial charge in [0.25, 0.3) is 0 Å². The Morgan fingerprint density at radius 1 is 1.32 bits per heavy atom. The summed E-state index contributed by atoms with van der Waals surface area (Å²) in [6.07, 6.45) is 1.50. The summed E-state index contributed by atoms with van der Waals surface area (Å²) >= 11 is 0. The first kappa shape index (κ1) is 19.9. The molecular weight excluding hydrogens is 352 g/mol. The first-order valence-corrected chi connectivity index (χ1v) is 9.88. The van der Waals surface area contributed by atoms with E-state index in [1.54, 1.807) is 7.05 Å². The molecule has 3 rings (SSSR count). The molecule has 0 aliphatic carbocycles. The Labute approximate surface area is 166 Å². The molecule has 28 heavy (non-hydrogen) atoms. The first-order chi connectivity index (χ1) is 13.5. The van der Waals surface area contributed by atoms with Crippen LogP contribution in [0.5, 0.6) is 0 Å². The summed E-state index contributed by atoms with van der Waals surface area (Å²) in [5, 5.41) is 11.5. The van der Waals surface area contributed by atoms with Gasteiger partial charge in [0.05, 0.1) is 11.4 Å². The largest absolute Gasteiger partial charge is 0.352 e. The lowest BCUT2D eigenvalue weighted by Gasteiger charge is -2.19. The molecule has 2 N–H and O–H groups in total. The lowest BCUT2D eigenvalue weighted by molar-refractivity contribution is -0.129. The molecule has 1 saturated heterocycles. The van der Waals surface area contributed by atoms with E-state index in [-0.39, 0.29) is 11.9 Å². The highest BCUT2D eigenvalue weighted by molar-refractivity contribution is 5.80. The van der Waals surface area contributed by atoms with Gasteiger partial charge >= 0.3 is 0 Å². The summed E-state index contributed by atoms with van der Waals surface area (Å²) in [4.78, 5) is 18.1. The Kier molecular flexibility index (Phi) is 6.34. The van der Waals surface area contributed by atoms with Crippen LogP contribution in [-0.4, -0.2) is 52.7 Å². The molecule has 2 heterocycles. The molecule has 1 fully saturated rings. The standard InChI is InChI=1S/C21H30N6O/c1-5-20(28)26-11-10-18(14-26)24-21(22-4)23-13-17-8-6-7-9-19(17)27-16(3)12-15(2)25-27/h6-9,12,18H,5,10-11,13-14H2,1-4H3,(H2,22,23,24). The Morgan fingerprint density at radius 3 is 2.79 bits per heavy atom. The molecule has 1 unspecified atom stereocenters. The summed E-state index contributed by atoms with van der Waals surface area (Å²) in [6.45, 7) is 8.15. The molecule has 1 amide bonds. The van der Waals surface area contributed by atoms with Crippen molar-refractivity contribution in [3.8, 4) is 5.69 Å². The first-order valence-electron chi connectivity index (χ1n) is 9.88. The number of aliphatic imine (C=N–C) groups is 1. The smallest absolute Gasteiger partial charge is 0.222 e. The third kappa shape index (κ3) is 4.52. The van der Waals surface area contributed by atoms with Gasteiger partial charge in [-0.15, -0.1) is 0 Å². The van der Waals surface area contributed by atoms with Gasteiger partial charge in [0.15, 0.2) is 5.96 Å². The van der Waals surface area contributed by atoms with Gasteiger partial charge in [-0.25, -0.2) is 4.68 Å². The molecule has 0 spiro atoms. The minimum absolute atomic E-state index is 0.214. The summed E-state index contributed by atoms with van der Waals surface area (Å²) in [5.74, 6) is 0.963. The van der Waals surface area contributed by atoms with E-state index in [0.717, 1.165) is 48.1 Å². The second kappa shape index (κ2) is 8.91. The number of rotatable bonds is 5. The number of guanidine groups is 1. The molecule has 7 heteroatoms. The molecule has 2 aromatic rings. The molecule has 1 aromatic heterocycles. The predicted octanol–water partition coefficient (Wildman–Crippen LogP) is 2.17. The van der Waals surface area contributed by atoms with Crippen LogP contribution in [0.2, 0.25) is 0 Å². The van der Waals surface area contributed by atoms with Crippen molar-refractivity contribution in [1.29, 1.82) is 0 Å². The fourth-order valence-electron chi connectivity index (χ4n) is 3.63. The van der Waals surface area contributed by atoms with Gasteiger partial charge in [-0.2, -0.15) is 5.10 Å². The average molecular weight is 383 g/mol. The maximum absolute atomic E-state index is 11.9. The van der Waals surface area contributed by atoms with Crippen LogP contribution < -0.4 is 10.6 Å². The molecular formula is C21H30N6O. The van der Waals surface area contributed by atoms with Crippen LogP contribution in [0, 0.1) is 13.8 Å². The lowest BCUT2D eigenvalue weighted by atomic mass is 10.1. The van der Waals surface area contributed by atoms with E-state index in [1.165, 1.54) is 0 Å². The Bertz CT molecular complexity index is 856. The topological polar surface area (TPSA) is 74.6 Å². The van der Waals surface area contributed by atoms with Gasteiger partial charge in [-0.1, -0.05) is 25.1 Å². The average Bonchev–Trinajstić information content (AvgIpc) is 3.30. The van der Waals surface area contributed by atoms with Gasteiger partial charge < -0.3 is 15.5 Å². The maximum atomic E-state index is 11.9. The molecule has 1 aliphatic heterocycles. The van der Waals surface area contributed by atoms with Gasteiger partial charge in [0, 0.05) is 44.8 Å². The van der Waals surface area contributed by atoms with Crippen LogP contribution in [-0.2, 0) is 11.3 Å². The Hall–Kier alpha value is -2.83. The number of amides is 1. The van der Waals surface area contributed by atoms with Crippen molar-refractivity contribution in [3.05, 3.63) is 47.3 Å². The van der Waals surface area contributed by atoms with Crippen molar-refractivity contribution in [3.63, 3.8) is 0 Å². The van der Waals surface area contributed by atoms with Crippen LogP contribution in [0.4, 0.5) is 0 Å². The number of benzene rings is 1. The highest BCUT2D eigenvalue weighted by Gasteiger charge is 2.25. The normalized spacial score (nSPS) is 17.1. The molecule has 1 aromatic carbocycles. The fraction of sp³-hybridized carbons (Fsp3) is 0.476. The van der Waals surface area contributed by atoms with E-state index in [2.05, 4.69) is 45.8 Å². The van der Waals surface area contributed by atoms with E-state index < -0.39 is 0 Å². The van der Waals surface area contributed by atoms with Crippen LogP contribution in [0.25, 0.3) is 5.69 Å². The monoisotopic (exact) mass is 382 g/mol. The molecule has 1 aliphatic rings. The van der Waals surface area contributed by atoms with Crippen LogP contribution in [0.3, 0.4) is 0 Å². The maximum Gasteiger partial charge on any atom is 0.222 e. The number of carbonyl (C=O) groups is 1. The molecule has 0 radical (unpaired) electrons. The van der Waals surface area contributed by atoms with Crippen molar-refractivity contribution in [2.24, 2.45) is 4.99 Å². The van der Waals surface area contributed by atoms with Crippen molar-refractivity contribution in [1.82, 2.24) is 25.3 Å². The molecule has 7 nitrogen and oxygen atoms in total. The highest BCUT2D eigenvalue weighted by atomic mass is 16.2. The summed E-state index contributed by atoms with van der Waals surface area (Å²) in [5.41, 5.74) is 4.33. The number of aromatic nitrogens is 2. The molecule has 0 saturated carbocycles. The Balaban J connectivity index is 1.64. The molecule has 0 bridgehead atoms. The number of para-hydroxylation sites is 1. The van der Waals surface area contributed by atoms with E-state index in [1.807, 2.05) is 35.6 Å². The van der Waals surface area contributed by atoms with Crippen LogP contribution in [0.15, 0.2) is 35.3 Å². The third-order valence-electron chi connectivity index (χ3n) is 5.08. The summed E-state index contributed by atoms with van der Waals surface area (Å²) < 4.78 is 1.98. The van der Waals surface area contributed by atoms with Gasteiger partial charge in [0.2, 0.25) is 5.91 Å². The van der Waals surface area contributed by atoms with Gasteiger partial charge in [0.1, 0.15) is 0 Å². The third-order valence-corrected chi connectivity index (χ3v) is 5.08. The molecule has 150 valence electrons. The van der Waals surface area contributed by atoms with Crippen molar-refractivity contribution in [2.75, 3.05) is 20.1 Å². The van der Waals surface area contributed by atoms with E-state index in [9.17, 15) is 4.79 Å². The zero-order valence-corrected chi connectivity index (χ0v) is 17.2. The fourth-order valence-corrected chi connectivity index (χ4v) is 3.63. The van der Waals surface area contributed by atoms with Crippen molar-refractivity contribution in [2.45, 2.75) is 46.2 Å². The lowest BCUT2D eigenvalue weighted by Crippen LogP contribution is -2.44. The number of hydrogen-bond acceptors (Lipinski definition) is 3. The van der Waals surface area contributed by atoms with E-state index in [0.29, 0.717) is 13.0 Å². The van der Waals surface area contributed by atoms with Crippen molar-refractivity contribution < 1.29 is 4.79 Å². The number of nitrogens with one attached hydrogen (secondary N) is 2. The number of aryl methyl sites for hydroxylation is 2. The SMILES string of the molecule is CCC(=O)N1CCC(NC(=NC)NCc2ccccc2-n2nc(C)cc2C)C1. The van der Waals surface area contributed by atoms with Crippen LogP contribution in [0.1, 0.15) is 36.7 Å². The molecule has 1 atom stereocenters. The van der Waals surface area contributed by atoms with Crippen molar-refractivity contribution >= 4 is 11.9 Å². The van der Waals surface area contributed by atoms with Gasteiger partial charge in [-0.3, -0.25) is 9.79 Å². The number of hydrogen-bond donors (Lipinski definition) is 2. The highest BCUT2D eigenvalue weighted by Crippen LogP contribution is 2.17. The number of nitrogens with zero attached hydrogens (tertiary/aromatic N) is 4. The predicted molar refractivity (Wildman–Crippen MR) is 112 cm³/mol. The Morgan fingerprint density at radius 2 is 2.11 bits per heavy atom. The van der Waals surface area contributed by atoms with Gasteiger partial charge in [-0.05, 0) is 38.0 Å². The second-order valence-corrected chi connectivity index (χ2v) is 7.22. The van der Waals surface area contributed by atoms with E-state index in [4.69, 9.17) is 0 Å². The van der Waals surface area contributed by atoms with E-state index >= 15 is 0 Å². The summed E-state index contributed by atoms with van der Waals surface area (Å²) in [6, 6.07) is 10.6. The number of likely N-dealkylation sites (tertiary alicyclic amines) is 1. The zero-order valence-electron chi connectivity index (χ0n) is 17.2. The van der Waals surface area contributed by atoms with Crippen LogP contribution >= 0.6 is 0 Å². The second-order valence-electron chi connectivity index (χ2n) is 7.22. The minimum atomic E-state index is 0.214. The zero-order chi connectivity index (χ0) is 20.1. The quantitative estimate of drug-likeness (QED) is 0.614. The summed E-state index contributed by atoms with van der Waals surface area (Å²) in [7, 11) is 1.77. The minimum Gasteiger partial charge on any atom is -0.352 e. The number of carbonyl (C=O) groups excluding carboxylic acids is 1.